The van der Waals surface area contributed by atoms with Gasteiger partial charge in [-0.15, -0.1) is 0 Å². The van der Waals surface area contributed by atoms with Crippen LogP contribution in [0.15, 0.2) is 48.5 Å². The van der Waals surface area contributed by atoms with E-state index in [0.29, 0.717) is 13.0 Å². The number of carbonyl (C=O) groups excluding carboxylic acids is 2. The zero-order valence-electron chi connectivity index (χ0n) is 20.1. The van der Waals surface area contributed by atoms with Gasteiger partial charge in [-0.05, 0) is 47.9 Å². The zero-order valence-corrected chi connectivity index (χ0v) is 20.1. The third-order valence-electron chi connectivity index (χ3n) is 6.95. The van der Waals surface area contributed by atoms with E-state index in [1.165, 1.54) is 22.3 Å². The predicted molar refractivity (Wildman–Crippen MR) is 133 cm³/mol. The number of fused-ring (bicyclic) bond motifs is 3. The molecule has 0 aromatic heterocycles. The summed E-state index contributed by atoms with van der Waals surface area (Å²) < 4.78 is 5.64. The van der Waals surface area contributed by atoms with Crippen molar-refractivity contribution < 1.29 is 24.2 Å². The van der Waals surface area contributed by atoms with Crippen molar-refractivity contribution in [2.24, 2.45) is 0 Å². The smallest absolute Gasteiger partial charge is 0.407 e. The Bertz CT molecular complexity index is 1020. The topological polar surface area (TPSA) is 105 Å². The molecule has 186 valence electrons. The Morgan fingerprint density at radius 1 is 0.886 bits per heavy atom. The SMILES string of the molecule is O=C(O)CCCCCCCNC(=O)CC1(NC(=O)OCC2c3ccccc3-c3ccccc32)CC1. The lowest BCUT2D eigenvalue weighted by Gasteiger charge is -2.19. The molecule has 2 aromatic rings. The number of ether oxygens (including phenoxy) is 1. The molecule has 4 rings (SSSR count). The Kier molecular flexibility index (Phi) is 8.06. The quantitative estimate of drug-likeness (QED) is 0.352. The number of carbonyl (C=O) groups is 3. The fourth-order valence-corrected chi connectivity index (χ4v) is 4.88. The number of carboxylic acid groups (broad SMARTS) is 1. The van der Waals surface area contributed by atoms with Gasteiger partial charge in [-0.2, -0.15) is 0 Å². The van der Waals surface area contributed by atoms with Crippen LogP contribution >= 0.6 is 0 Å². The van der Waals surface area contributed by atoms with Crippen molar-refractivity contribution in [1.82, 2.24) is 10.6 Å². The van der Waals surface area contributed by atoms with Gasteiger partial charge in [0.25, 0.3) is 0 Å². The molecule has 0 spiro atoms. The number of hydrogen-bond acceptors (Lipinski definition) is 4. The zero-order chi connectivity index (χ0) is 24.7. The summed E-state index contributed by atoms with van der Waals surface area (Å²) in [5, 5.41) is 14.5. The van der Waals surface area contributed by atoms with Gasteiger partial charge in [0.05, 0.1) is 5.54 Å². The van der Waals surface area contributed by atoms with E-state index in [1.807, 2.05) is 24.3 Å². The molecular weight excluding hydrogens is 444 g/mol. The lowest BCUT2D eigenvalue weighted by atomic mass is 9.98. The van der Waals surface area contributed by atoms with Gasteiger partial charge in [0.2, 0.25) is 5.91 Å². The van der Waals surface area contributed by atoms with Crippen molar-refractivity contribution in [2.75, 3.05) is 13.2 Å². The van der Waals surface area contributed by atoms with Crippen molar-refractivity contribution in [1.29, 1.82) is 0 Å². The maximum Gasteiger partial charge on any atom is 0.407 e. The van der Waals surface area contributed by atoms with Crippen LogP contribution in [-0.4, -0.2) is 41.8 Å². The van der Waals surface area contributed by atoms with E-state index >= 15 is 0 Å². The Labute approximate surface area is 206 Å². The maximum atomic E-state index is 12.6. The van der Waals surface area contributed by atoms with Gasteiger partial charge < -0.3 is 20.5 Å². The number of hydrogen-bond donors (Lipinski definition) is 3. The van der Waals surface area contributed by atoms with Crippen LogP contribution in [0, 0.1) is 0 Å². The summed E-state index contributed by atoms with van der Waals surface area (Å²) in [6.07, 6.45) is 5.94. The molecule has 0 saturated heterocycles. The molecule has 0 unspecified atom stereocenters. The molecule has 3 N–H and O–H groups in total. The van der Waals surface area contributed by atoms with Crippen molar-refractivity contribution in [2.45, 2.75) is 69.2 Å². The van der Waals surface area contributed by atoms with Crippen LogP contribution in [0.25, 0.3) is 11.1 Å². The summed E-state index contributed by atoms with van der Waals surface area (Å²) in [7, 11) is 0. The summed E-state index contributed by atoms with van der Waals surface area (Å²) in [6.45, 7) is 0.855. The lowest BCUT2D eigenvalue weighted by Crippen LogP contribution is -2.41. The van der Waals surface area contributed by atoms with Crippen LogP contribution in [0.3, 0.4) is 0 Å². The number of amides is 2. The minimum atomic E-state index is -0.752. The van der Waals surface area contributed by atoms with Crippen LogP contribution < -0.4 is 10.6 Å². The number of nitrogens with one attached hydrogen (secondary N) is 2. The average Bonchev–Trinajstić information content (AvgIpc) is 3.51. The molecule has 35 heavy (non-hydrogen) atoms. The van der Waals surface area contributed by atoms with Crippen molar-refractivity contribution >= 4 is 18.0 Å². The Hall–Kier alpha value is -3.35. The third-order valence-corrected chi connectivity index (χ3v) is 6.95. The highest BCUT2D eigenvalue weighted by atomic mass is 16.5. The van der Waals surface area contributed by atoms with Gasteiger partial charge in [-0.25, -0.2) is 4.79 Å². The third kappa shape index (κ3) is 6.62. The molecule has 2 aliphatic carbocycles. The standard InChI is InChI=1S/C28H34N2O5/c31-25(29-17-9-3-1-2-4-14-26(32)33)18-28(15-16-28)30-27(34)35-19-24-22-12-7-5-10-20(22)21-11-6-8-13-23(21)24/h5-8,10-13,24H,1-4,9,14-19H2,(H,29,31)(H,30,34)(H,32,33). The molecule has 2 aliphatic rings. The molecule has 0 heterocycles. The van der Waals surface area contributed by atoms with E-state index in [1.54, 1.807) is 0 Å². The van der Waals surface area contributed by atoms with Crippen LogP contribution in [0.2, 0.25) is 0 Å². The Morgan fingerprint density at radius 2 is 1.49 bits per heavy atom. The normalized spacial score (nSPS) is 15.1. The van der Waals surface area contributed by atoms with Crippen LogP contribution in [-0.2, 0) is 14.3 Å². The largest absolute Gasteiger partial charge is 0.481 e. The van der Waals surface area contributed by atoms with E-state index in [0.717, 1.165) is 38.5 Å². The first-order valence-electron chi connectivity index (χ1n) is 12.6. The van der Waals surface area contributed by atoms with Crippen LogP contribution in [0.1, 0.15) is 74.8 Å². The van der Waals surface area contributed by atoms with Crippen LogP contribution in [0.4, 0.5) is 4.79 Å². The van der Waals surface area contributed by atoms with E-state index in [-0.39, 0.29) is 31.3 Å². The van der Waals surface area contributed by atoms with E-state index in [2.05, 4.69) is 34.9 Å². The van der Waals surface area contributed by atoms with Gasteiger partial charge in [-0.3, -0.25) is 9.59 Å². The molecule has 1 saturated carbocycles. The molecule has 0 atom stereocenters. The second-order valence-corrected chi connectivity index (χ2v) is 9.67. The molecule has 0 aliphatic heterocycles. The van der Waals surface area contributed by atoms with Crippen LogP contribution in [0.5, 0.6) is 0 Å². The summed E-state index contributed by atoms with van der Waals surface area (Å²) in [4.78, 5) is 35.4. The first-order chi connectivity index (χ1) is 17.0. The molecular formula is C28H34N2O5. The van der Waals surface area contributed by atoms with Gasteiger partial charge >= 0.3 is 12.1 Å². The minimum Gasteiger partial charge on any atom is -0.481 e. The highest BCUT2D eigenvalue weighted by Crippen LogP contribution is 2.44. The first-order valence-corrected chi connectivity index (χ1v) is 12.6. The molecule has 1 fully saturated rings. The summed E-state index contributed by atoms with van der Waals surface area (Å²) >= 11 is 0. The number of carboxylic acids is 1. The van der Waals surface area contributed by atoms with Crippen molar-refractivity contribution in [3.8, 4) is 11.1 Å². The van der Waals surface area contributed by atoms with Gasteiger partial charge in [0.15, 0.2) is 0 Å². The Balaban J connectivity index is 1.17. The molecule has 0 bridgehead atoms. The van der Waals surface area contributed by atoms with Crippen molar-refractivity contribution in [3.05, 3.63) is 59.7 Å². The van der Waals surface area contributed by atoms with E-state index in [4.69, 9.17) is 9.84 Å². The average molecular weight is 479 g/mol. The lowest BCUT2D eigenvalue weighted by molar-refractivity contribution is -0.137. The highest BCUT2D eigenvalue weighted by molar-refractivity contribution is 5.80. The number of alkyl carbamates (subject to hydrolysis) is 1. The minimum absolute atomic E-state index is 0.00993. The number of unbranched alkanes of at least 4 members (excludes halogenated alkanes) is 4. The monoisotopic (exact) mass is 478 g/mol. The second kappa shape index (κ2) is 11.4. The molecule has 7 heteroatoms. The fourth-order valence-electron chi connectivity index (χ4n) is 4.88. The number of rotatable bonds is 13. The van der Waals surface area contributed by atoms with E-state index < -0.39 is 17.6 Å². The number of aliphatic carboxylic acids is 1. The van der Waals surface area contributed by atoms with Gasteiger partial charge in [0.1, 0.15) is 6.61 Å². The number of benzene rings is 2. The first kappa shape index (κ1) is 24.8. The summed E-state index contributed by atoms with van der Waals surface area (Å²) in [5.74, 6) is -0.805. The predicted octanol–water partition coefficient (Wildman–Crippen LogP) is 4.99. The molecule has 2 amide bonds. The molecule has 2 aromatic carbocycles. The summed E-state index contributed by atoms with van der Waals surface area (Å²) in [5.41, 5.74) is 4.22. The van der Waals surface area contributed by atoms with Gasteiger partial charge in [0, 0.05) is 25.3 Å². The van der Waals surface area contributed by atoms with Crippen molar-refractivity contribution in [3.63, 3.8) is 0 Å². The summed E-state index contributed by atoms with van der Waals surface area (Å²) in [6, 6.07) is 16.4. The molecule has 0 radical (unpaired) electrons. The Morgan fingerprint density at radius 3 is 2.11 bits per heavy atom. The highest BCUT2D eigenvalue weighted by Gasteiger charge is 2.46. The molecule has 7 nitrogen and oxygen atoms in total. The maximum absolute atomic E-state index is 12.6. The van der Waals surface area contributed by atoms with Gasteiger partial charge in [-0.1, -0.05) is 67.8 Å². The second-order valence-electron chi connectivity index (χ2n) is 9.67. The fraction of sp³-hybridized carbons (Fsp3) is 0.464. The van der Waals surface area contributed by atoms with E-state index in [9.17, 15) is 14.4 Å².